The van der Waals surface area contributed by atoms with Crippen molar-refractivity contribution >= 4 is 12.1 Å². The van der Waals surface area contributed by atoms with Crippen molar-refractivity contribution < 1.29 is 14.6 Å². The summed E-state index contributed by atoms with van der Waals surface area (Å²) in [5, 5.41) is 20.5. The standard InChI is InChI=1S/C24H20N4O3/c29-23-9-5-4-8-19(23)15-25-28-24(30)22-14-21(26-27-22)18-10-12-20(13-11-18)31-16-17-6-2-1-3-7-17/h1-15,29H,16H2,(H,26,27)(H,28,30). The van der Waals surface area contributed by atoms with Gasteiger partial charge in [0.15, 0.2) is 0 Å². The molecule has 0 aliphatic rings. The van der Waals surface area contributed by atoms with Gasteiger partial charge in [-0.15, -0.1) is 0 Å². The van der Waals surface area contributed by atoms with Gasteiger partial charge in [0.05, 0.1) is 11.9 Å². The molecule has 3 aromatic carbocycles. The molecule has 0 bridgehead atoms. The summed E-state index contributed by atoms with van der Waals surface area (Å²) in [6.45, 7) is 0.494. The molecule has 31 heavy (non-hydrogen) atoms. The van der Waals surface area contributed by atoms with E-state index in [0.29, 0.717) is 17.9 Å². The average Bonchev–Trinajstić information content (AvgIpc) is 3.30. The van der Waals surface area contributed by atoms with Crippen LogP contribution in [0.25, 0.3) is 11.3 Å². The number of carbonyl (C=O) groups is 1. The minimum absolute atomic E-state index is 0.0838. The molecular weight excluding hydrogens is 392 g/mol. The molecule has 1 aromatic heterocycles. The number of carbonyl (C=O) groups excluding carboxylic acids is 1. The van der Waals surface area contributed by atoms with E-state index >= 15 is 0 Å². The van der Waals surface area contributed by atoms with Crippen LogP contribution in [0.15, 0.2) is 90.0 Å². The highest BCUT2D eigenvalue weighted by atomic mass is 16.5. The van der Waals surface area contributed by atoms with Crippen molar-refractivity contribution in [1.82, 2.24) is 15.6 Å². The quantitative estimate of drug-likeness (QED) is 0.314. The number of H-pyrrole nitrogens is 1. The Hall–Kier alpha value is -4.39. The van der Waals surface area contributed by atoms with E-state index in [9.17, 15) is 9.90 Å². The summed E-state index contributed by atoms with van der Waals surface area (Å²) >= 11 is 0. The number of benzene rings is 3. The summed E-state index contributed by atoms with van der Waals surface area (Å²) in [5.74, 6) is 0.397. The fourth-order valence-electron chi connectivity index (χ4n) is 2.87. The number of hydrogen-bond acceptors (Lipinski definition) is 5. The zero-order chi connectivity index (χ0) is 21.5. The molecule has 0 fully saturated rings. The van der Waals surface area contributed by atoms with Gasteiger partial charge < -0.3 is 9.84 Å². The molecular formula is C24H20N4O3. The third-order valence-corrected chi connectivity index (χ3v) is 4.53. The second-order valence-electron chi connectivity index (χ2n) is 6.72. The van der Waals surface area contributed by atoms with Gasteiger partial charge in [0.25, 0.3) is 5.91 Å². The zero-order valence-corrected chi connectivity index (χ0v) is 16.5. The number of aromatic nitrogens is 2. The number of amides is 1. The van der Waals surface area contributed by atoms with Crippen LogP contribution in [0.3, 0.4) is 0 Å². The summed E-state index contributed by atoms with van der Waals surface area (Å²) in [5.41, 5.74) is 5.76. The predicted octanol–water partition coefficient (Wildman–Crippen LogP) is 4.13. The predicted molar refractivity (Wildman–Crippen MR) is 118 cm³/mol. The first kappa shape index (κ1) is 19.9. The Morgan fingerprint density at radius 3 is 2.55 bits per heavy atom. The molecule has 3 N–H and O–H groups in total. The molecule has 0 unspecified atom stereocenters. The number of aromatic hydroxyl groups is 1. The van der Waals surface area contributed by atoms with Crippen molar-refractivity contribution in [3.05, 3.63) is 102 Å². The second kappa shape index (κ2) is 9.41. The topological polar surface area (TPSA) is 99.6 Å². The zero-order valence-electron chi connectivity index (χ0n) is 16.5. The highest BCUT2D eigenvalue weighted by molar-refractivity contribution is 5.94. The van der Waals surface area contributed by atoms with Crippen LogP contribution in [0.4, 0.5) is 0 Å². The molecule has 0 saturated heterocycles. The van der Waals surface area contributed by atoms with Crippen LogP contribution in [-0.2, 0) is 6.61 Å². The van der Waals surface area contributed by atoms with Crippen LogP contribution < -0.4 is 10.2 Å². The maximum Gasteiger partial charge on any atom is 0.289 e. The molecule has 0 radical (unpaired) electrons. The molecule has 7 nitrogen and oxygen atoms in total. The molecule has 4 aromatic rings. The fourth-order valence-corrected chi connectivity index (χ4v) is 2.87. The highest BCUT2D eigenvalue weighted by Gasteiger charge is 2.10. The van der Waals surface area contributed by atoms with E-state index < -0.39 is 5.91 Å². The molecule has 4 rings (SSSR count). The lowest BCUT2D eigenvalue weighted by molar-refractivity contribution is 0.0950. The van der Waals surface area contributed by atoms with Gasteiger partial charge in [-0.25, -0.2) is 5.43 Å². The van der Waals surface area contributed by atoms with E-state index in [4.69, 9.17) is 4.74 Å². The Bertz CT molecular complexity index is 1180. The summed E-state index contributed by atoms with van der Waals surface area (Å²) in [4.78, 5) is 12.3. The molecule has 0 aliphatic heterocycles. The number of aromatic amines is 1. The number of hydrogen-bond donors (Lipinski definition) is 3. The Morgan fingerprint density at radius 1 is 1.03 bits per heavy atom. The Balaban J connectivity index is 1.35. The monoisotopic (exact) mass is 412 g/mol. The van der Waals surface area contributed by atoms with Gasteiger partial charge in [0.2, 0.25) is 0 Å². The number of ether oxygens (including phenoxy) is 1. The highest BCUT2D eigenvalue weighted by Crippen LogP contribution is 2.22. The Kier molecular flexibility index (Phi) is 6.04. The SMILES string of the molecule is O=C(NN=Cc1ccccc1O)c1cc(-c2ccc(OCc3ccccc3)cc2)n[nH]1. The van der Waals surface area contributed by atoms with Gasteiger partial charge >= 0.3 is 0 Å². The lowest BCUT2D eigenvalue weighted by atomic mass is 10.1. The normalized spacial score (nSPS) is 10.8. The molecule has 0 spiro atoms. The van der Waals surface area contributed by atoms with E-state index in [1.165, 1.54) is 6.21 Å². The number of hydrazone groups is 1. The average molecular weight is 412 g/mol. The van der Waals surface area contributed by atoms with Crippen molar-refractivity contribution in [2.45, 2.75) is 6.61 Å². The third-order valence-electron chi connectivity index (χ3n) is 4.53. The van der Waals surface area contributed by atoms with Crippen molar-refractivity contribution in [1.29, 1.82) is 0 Å². The van der Waals surface area contributed by atoms with Gasteiger partial charge in [-0.05, 0) is 48.0 Å². The van der Waals surface area contributed by atoms with Gasteiger partial charge in [-0.2, -0.15) is 10.2 Å². The number of nitrogens with one attached hydrogen (secondary N) is 2. The lowest BCUT2D eigenvalue weighted by Crippen LogP contribution is -2.18. The van der Waals surface area contributed by atoms with Crippen LogP contribution in [0.2, 0.25) is 0 Å². The molecule has 7 heteroatoms. The van der Waals surface area contributed by atoms with Crippen molar-refractivity contribution in [2.75, 3.05) is 0 Å². The summed E-state index contributed by atoms with van der Waals surface area (Å²) < 4.78 is 5.79. The summed E-state index contributed by atoms with van der Waals surface area (Å²) in [6, 6.07) is 25.8. The Morgan fingerprint density at radius 2 is 1.77 bits per heavy atom. The van der Waals surface area contributed by atoms with Crippen molar-refractivity contribution in [3.8, 4) is 22.8 Å². The summed E-state index contributed by atoms with van der Waals surface area (Å²) in [7, 11) is 0. The second-order valence-corrected chi connectivity index (χ2v) is 6.72. The number of nitrogens with zero attached hydrogens (tertiary/aromatic N) is 2. The summed E-state index contributed by atoms with van der Waals surface area (Å²) in [6.07, 6.45) is 1.37. The molecule has 0 aliphatic carbocycles. The van der Waals surface area contributed by atoms with Crippen molar-refractivity contribution in [2.24, 2.45) is 5.10 Å². The van der Waals surface area contributed by atoms with Crippen LogP contribution in [0, 0.1) is 0 Å². The van der Waals surface area contributed by atoms with E-state index in [2.05, 4.69) is 20.7 Å². The molecule has 1 amide bonds. The first-order valence-corrected chi connectivity index (χ1v) is 9.63. The smallest absolute Gasteiger partial charge is 0.289 e. The maximum atomic E-state index is 12.3. The first-order valence-electron chi connectivity index (χ1n) is 9.63. The van der Waals surface area contributed by atoms with Crippen LogP contribution >= 0.6 is 0 Å². The third kappa shape index (κ3) is 5.16. The minimum atomic E-state index is -0.437. The first-order chi connectivity index (χ1) is 15.2. The molecule has 0 atom stereocenters. The molecule has 0 saturated carbocycles. The Labute approximate surface area is 179 Å². The van der Waals surface area contributed by atoms with E-state index in [0.717, 1.165) is 16.9 Å². The van der Waals surface area contributed by atoms with Crippen LogP contribution in [-0.4, -0.2) is 27.4 Å². The van der Waals surface area contributed by atoms with Crippen LogP contribution in [0.1, 0.15) is 21.6 Å². The number of phenolic OH excluding ortho intramolecular Hbond substituents is 1. The van der Waals surface area contributed by atoms with Gasteiger partial charge in [0, 0.05) is 11.1 Å². The number of para-hydroxylation sites is 1. The lowest BCUT2D eigenvalue weighted by Gasteiger charge is -2.06. The largest absolute Gasteiger partial charge is 0.507 e. The number of rotatable bonds is 7. The minimum Gasteiger partial charge on any atom is -0.507 e. The number of phenols is 1. The molecule has 154 valence electrons. The van der Waals surface area contributed by atoms with Gasteiger partial charge in [-0.1, -0.05) is 42.5 Å². The van der Waals surface area contributed by atoms with Crippen molar-refractivity contribution in [3.63, 3.8) is 0 Å². The van der Waals surface area contributed by atoms with E-state index in [1.807, 2.05) is 54.6 Å². The fraction of sp³-hybridized carbons (Fsp3) is 0.0417. The van der Waals surface area contributed by atoms with Gasteiger partial charge in [0.1, 0.15) is 23.8 Å². The molecule has 1 heterocycles. The van der Waals surface area contributed by atoms with E-state index in [1.54, 1.807) is 30.3 Å². The van der Waals surface area contributed by atoms with Crippen LogP contribution in [0.5, 0.6) is 11.5 Å². The van der Waals surface area contributed by atoms with Gasteiger partial charge in [-0.3, -0.25) is 9.89 Å². The maximum absolute atomic E-state index is 12.3. The van der Waals surface area contributed by atoms with E-state index in [-0.39, 0.29) is 11.4 Å².